The fraction of sp³-hybridized carbons (Fsp3) is 0.500. The van der Waals surface area contributed by atoms with Gasteiger partial charge in [0.1, 0.15) is 11.1 Å². The summed E-state index contributed by atoms with van der Waals surface area (Å²) in [4.78, 5) is 13.8. The number of amides is 1. The average molecular weight is 297 g/mol. The third-order valence-corrected chi connectivity index (χ3v) is 4.32. The molecule has 0 bridgehead atoms. The van der Waals surface area contributed by atoms with Gasteiger partial charge in [0.2, 0.25) is 5.91 Å². The Morgan fingerprint density at radius 3 is 2.95 bits per heavy atom. The van der Waals surface area contributed by atoms with Crippen molar-refractivity contribution in [2.75, 3.05) is 39.2 Å². The van der Waals surface area contributed by atoms with Gasteiger partial charge in [-0.05, 0) is 6.07 Å². The van der Waals surface area contributed by atoms with Crippen LogP contribution in [0.5, 0.6) is 5.75 Å². The predicted molar refractivity (Wildman–Crippen MR) is 77.8 cm³/mol. The van der Waals surface area contributed by atoms with Crippen molar-refractivity contribution in [3.63, 3.8) is 0 Å². The Hall–Kier alpha value is -1.24. The topological polar surface area (TPSA) is 59.0 Å². The van der Waals surface area contributed by atoms with Crippen molar-refractivity contribution in [2.45, 2.75) is 5.37 Å². The number of hydrogen-bond donors (Lipinski definition) is 1. The van der Waals surface area contributed by atoms with E-state index in [1.807, 2.05) is 24.3 Å². The lowest BCUT2D eigenvalue weighted by atomic mass is 10.2. The Balaban J connectivity index is 2.07. The van der Waals surface area contributed by atoms with Crippen LogP contribution >= 0.6 is 11.8 Å². The highest BCUT2D eigenvalue weighted by molar-refractivity contribution is 8.00. The van der Waals surface area contributed by atoms with Crippen molar-refractivity contribution in [3.05, 3.63) is 29.8 Å². The lowest BCUT2D eigenvalue weighted by molar-refractivity contribution is -0.128. The summed E-state index contributed by atoms with van der Waals surface area (Å²) in [6.07, 6.45) is 0. The molecule has 1 unspecified atom stereocenters. The van der Waals surface area contributed by atoms with Crippen molar-refractivity contribution < 1.29 is 19.4 Å². The molecule has 0 radical (unpaired) electrons. The van der Waals surface area contributed by atoms with Crippen LogP contribution in [0.4, 0.5) is 0 Å². The zero-order valence-corrected chi connectivity index (χ0v) is 12.3. The second-order valence-electron chi connectivity index (χ2n) is 4.33. The Morgan fingerprint density at radius 2 is 2.20 bits per heavy atom. The number of carbonyl (C=O) groups excluding carboxylic acids is 1. The highest BCUT2D eigenvalue weighted by Crippen LogP contribution is 2.41. The lowest BCUT2D eigenvalue weighted by Crippen LogP contribution is -2.32. The van der Waals surface area contributed by atoms with Crippen molar-refractivity contribution in [1.82, 2.24) is 4.90 Å². The van der Waals surface area contributed by atoms with E-state index in [9.17, 15) is 4.79 Å². The number of hydrogen-bond acceptors (Lipinski definition) is 5. The van der Waals surface area contributed by atoms with Gasteiger partial charge in [0.25, 0.3) is 0 Å². The standard InChI is InChI=1S/C14H19NO4S/c1-18-12-5-3-2-4-11(12)14-15(13(17)10-20-14)6-8-19-9-7-16/h2-5,14,16H,6-10H2,1H3. The molecular formula is C14H19NO4S. The minimum absolute atomic E-state index is 0.00136. The van der Waals surface area contributed by atoms with E-state index in [4.69, 9.17) is 14.6 Å². The minimum atomic E-state index is -0.0311. The quantitative estimate of drug-likeness (QED) is 0.768. The van der Waals surface area contributed by atoms with Gasteiger partial charge in [0.05, 0.1) is 32.7 Å². The van der Waals surface area contributed by atoms with E-state index in [-0.39, 0.29) is 17.9 Å². The van der Waals surface area contributed by atoms with Gasteiger partial charge in [-0.2, -0.15) is 0 Å². The summed E-state index contributed by atoms with van der Waals surface area (Å²) in [5, 5.41) is 8.65. The number of aliphatic hydroxyl groups is 1. The van der Waals surface area contributed by atoms with Crippen LogP contribution in [0, 0.1) is 0 Å². The fourth-order valence-corrected chi connectivity index (χ4v) is 3.40. The first kappa shape index (κ1) is 15.2. The Bertz CT molecular complexity index is 455. The number of ether oxygens (including phenoxy) is 2. The highest BCUT2D eigenvalue weighted by Gasteiger charge is 2.33. The van der Waals surface area contributed by atoms with Crippen molar-refractivity contribution >= 4 is 17.7 Å². The first-order valence-corrected chi connectivity index (χ1v) is 7.55. The van der Waals surface area contributed by atoms with Crippen molar-refractivity contribution in [3.8, 4) is 5.75 Å². The average Bonchev–Trinajstić information content (AvgIpc) is 2.84. The second-order valence-corrected chi connectivity index (χ2v) is 5.40. The van der Waals surface area contributed by atoms with Crippen molar-refractivity contribution in [1.29, 1.82) is 0 Å². The van der Waals surface area contributed by atoms with Crippen molar-refractivity contribution in [2.24, 2.45) is 0 Å². The van der Waals surface area contributed by atoms with Crippen LogP contribution < -0.4 is 4.74 Å². The van der Waals surface area contributed by atoms with E-state index in [1.165, 1.54) is 0 Å². The normalized spacial score (nSPS) is 18.6. The fourth-order valence-electron chi connectivity index (χ4n) is 2.15. The predicted octanol–water partition coefficient (Wildman–Crippen LogP) is 1.28. The maximum absolute atomic E-state index is 12.0. The zero-order chi connectivity index (χ0) is 14.4. The van der Waals surface area contributed by atoms with Crippen LogP contribution in [-0.2, 0) is 9.53 Å². The van der Waals surface area contributed by atoms with Gasteiger partial charge >= 0.3 is 0 Å². The summed E-state index contributed by atoms with van der Waals surface area (Å²) in [5.41, 5.74) is 1.01. The maximum Gasteiger partial charge on any atom is 0.233 e. The van der Waals surface area contributed by atoms with E-state index in [0.717, 1.165) is 11.3 Å². The monoisotopic (exact) mass is 297 g/mol. The molecule has 0 aromatic heterocycles. The van der Waals surface area contributed by atoms with Gasteiger partial charge in [0.15, 0.2) is 0 Å². The first-order valence-electron chi connectivity index (χ1n) is 6.50. The maximum atomic E-state index is 12.0. The van der Waals surface area contributed by atoms with E-state index in [2.05, 4.69) is 0 Å². The molecule has 1 aromatic rings. The molecule has 2 rings (SSSR count). The Kier molecular flexibility index (Phi) is 5.70. The molecule has 1 amide bonds. The molecular weight excluding hydrogens is 278 g/mol. The zero-order valence-electron chi connectivity index (χ0n) is 11.4. The molecule has 0 aliphatic carbocycles. The van der Waals surface area contributed by atoms with Crippen LogP contribution in [0.1, 0.15) is 10.9 Å². The van der Waals surface area contributed by atoms with Crippen LogP contribution in [0.2, 0.25) is 0 Å². The molecule has 6 heteroatoms. The van der Waals surface area contributed by atoms with Gasteiger partial charge in [-0.25, -0.2) is 0 Å². The second kappa shape index (κ2) is 7.52. The van der Waals surface area contributed by atoms with Gasteiger partial charge < -0.3 is 19.5 Å². The number of benzene rings is 1. The van der Waals surface area contributed by atoms with Gasteiger partial charge in [-0.1, -0.05) is 18.2 Å². The molecule has 0 spiro atoms. The summed E-state index contributed by atoms with van der Waals surface area (Å²) in [6, 6.07) is 7.75. The third-order valence-electron chi connectivity index (χ3n) is 3.09. The molecule has 0 saturated carbocycles. The van der Waals surface area contributed by atoms with E-state index in [0.29, 0.717) is 25.5 Å². The van der Waals surface area contributed by atoms with Crippen LogP contribution in [0.25, 0.3) is 0 Å². The Morgan fingerprint density at radius 1 is 1.40 bits per heavy atom. The smallest absolute Gasteiger partial charge is 0.233 e. The van der Waals surface area contributed by atoms with Gasteiger partial charge in [-0.15, -0.1) is 11.8 Å². The van der Waals surface area contributed by atoms with E-state index < -0.39 is 0 Å². The number of thioether (sulfide) groups is 1. The van der Waals surface area contributed by atoms with Crippen LogP contribution in [0.3, 0.4) is 0 Å². The SMILES string of the molecule is COc1ccccc1C1SCC(=O)N1CCOCCO. The minimum Gasteiger partial charge on any atom is -0.496 e. The largest absolute Gasteiger partial charge is 0.496 e. The number of methoxy groups -OCH3 is 1. The molecule has 20 heavy (non-hydrogen) atoms. The molecule has 110 valence electrons. The molecule has 1 atom stereocenters. The van der Waals surface area contributed by atoms with Crippen LogP contribution in [-0.4, -0.2) is 55.1 Å². The number of para-hydroxylation sites is 1. The Labute approximate surface area is 122 Å². The number of nitrogens with zero attached hydrogens (tertiary/aromatic N) is 1. The first-order chi connectivity index (χ1) is 9.77. The molecule has 1 aromatic carbocycles. The molecule has 1 fully saturated rings. The molecule has 1 aliphatic heterocycles. The summed E-state index contributed by atoms with van der Waals surface area (Å²) < 4.78 is 10.6. The van der Waals surface area contributed by atoms with E-state index in [1.54, 1.807) is 23.8 Å². The molecule has 1 heterocycles. The summed E-state index contributed by atoms with van der Waals surface area (Å²) in [5.74, 6) is 1.38. The number of rotatable bonds is 7. The number of aliphatic hydroxyl groups excluding tert-OH is 1. The van der Waals surface area contributed by atoms with Crippen LogP contribution in [0.15, 0.2) is 24.3 Å². The molecule has 1 aliphatic rings. The number of carbonyl (C=O) groups is 1. The molecule has 1 N–H and O–H groups in total. The summed E-state index contributed by atoms with van der Waals surface area (Å²) in [6.45, 7) is 1.25. The third kappa shape index (κ3) is 3.45. The van der Waals surface area contributed by atoms with Gasteiger partial charge in [-0.3, -0.25) is 4.79 Å². The molecule has 5 nitrogen and oxygen atoms in total. The van der Waals surface area contributed by atoms with Gasteiger partial charge in [0, 0.05) is 12.1 Å². The lowest BCUT2D eigenvalue weighted by Gasteiger charge is -2.25. The highest BCUT2D eigenvalue weighted by atomic mass is 32.2. The summed E-state index contributed by atoms with van der Waals surface area (Å²) >= 11 is 1.60. The summed E-state index contributed by atoms with van der Waals surface area (Å²) in [7, 11) is 1.63. The molecule has 1 saturated heterocycles. The van der Waals surface area contributed by atoms with E-state index >= 15 is 0 Å².